The molecule has 1 aromatic rings. The van der Waals surface area contributed by atoms with Gasteiger partial charge in [-0.3, -0.25) is 4.79 Å². The molecule has 0 saturated heterocycles. The van der Waals surface area contributed by atoms with Crippen LogP contribution in [0.25, 0.3) is 0 Å². The van der Waals surface area contributed by atoms with Crippen molar-refractivity contribution in [3.63, 3.8) is 0 Å². The lowest BCUT2D eigenvalue weighted by Gasteiger charge is -2.12. The van der Waals surface area contributed by atoms with Gasteiger partial charge in [-0.2, -0.15) is 13.2 Å². The zero-order valence-electron chi connectivity index (χ0n) is 11.4. The largest absolute Gasteiger partial charge is 0.416 e. The van der Waals surface area contributed by atoms with Gasteiger partial charge >= 0.3 is 6.18 Å². The van der Waals surface area contributed by atoms with Gasteiger partial charge in [0.25, 0.3) is 0 Å². The molecule has 1 aromatic carbocycles. The number of nitrogens with one attached hydrogen (secondary N) is 1. The van der Waals surface area contributed by atoms with Crippen LogP contribution in [0.15, 0.2) is 23.1 Å². The van der Waals surface area contributed by atoms with Gasteiger partial charge in [-0.05, 0) is 32.0 Å². The molecule has 0 aliphatic carbocycles. The number of benzene rings is 1. The Balaban J connectivity index is 3.07. The monoisotopic (exact) mass is 324 g/mol. The van der Waals surface area contributed by atoms with Crippen molar-refractivity contribution < 1.29 is 26.4 Å². The molecule has 0 aromatic heterocycles. The first-order valence-electron chi connectivity index (χ1n) is 5.92. The summed E-state index contributed by atoms with van der Waals surface area (Å²) in [5.41, 5.74) is 3.78. The molecular formula is C12H15F3N2O3S. The second-order valence-corrected chi connectivity index (χ2v) is 6.69. The molecule has 0 heterocycles. The molecule has 1 amide bonds. The summed E-state index contributed by atoms with van der Waals surface area (Å²) in [7, 11) is -4.10. The second kappa shape index (κ2) is 5.92. The minimum Gasteiger partial charge on any atom is -0.398 e. The van der Waals surface area contributed by atoms with Crippen LogP contribution in [0.1, 0.15) is 19.4 Å². The first-order valence-corrected chi connectivity index (χ1v) is 7.57. The fourth-order valence-corrected chi connectivity index (χ4v) is 2.90. The summed E-state index contributed by atoms with van der Waals surface area (Å²) in [6, 6.07) is 1.66. The highest BCUT2D eigenvalue weighted by Gasteiger charge is 2.32. The van der Waals surface area contributed by atoms with E-state index in [1.54, 1.807) is 13.8 Å². The van der Waals surface area contributed by atoms with E-state index >= 15 is 0 Å². The summed E-state index contributed by atoms with van der Waals surface area (Å²) in [5, 5.41) is 2.38. The van der Waals surface area contributed by atoms with Crippen molar-refractivity contribution >= 4 is 21.4 Å². The Morgan fingerprint density at radius 1 is 1.33 bits per heavy atom. The van der Waals surface area contributed by atoms with Crippen molar-refractivity contribution in [3.8, 4) is 0 Å². The van der Waals surface area contributed by atoms with E-state index in [1.807, 2.05) is 0 Å². The normalized spacial score (nSPS) is 12.5. The SMILES string of the molecule is CC(C)NC(=O)CS(=O)(=O)c1ccc(C(F)(F)F)cc1N. The van der Waals surface area contributed by atoms with Crippen molar-refractivity contribution in [2.75, 3.05) is 11.5 Å². The Morgan fingerprint density at radius 2 is 1.90 bits per heavy atom. The molecule has 0 bridgehead atoms. The first kappa shape index (κ1) is 17.3. The van der Waals surface area contributed by atoms with Crippen molar-refractivity contribution in [2.45, 2.75) is 31.0 Å². The van der Waals surface area contributed by atoms with Crippen LogP contribution in [-0.2, 0) is 20.8 Å². The highest BCUT2D eigenvalue weighted by atomic mass is 32.2. The van der Waals surface area contributed by atoms with Gasteiger partial charge in [-0.25, -0.2) is 8.42 Å². The summed E-state index contributed by atoms with van der Waals surface area (Å²) >= 11 is 0. The van der Waals surface area contributed by atoms with Gasteiger partial charge in [0.15, 0.2) is 9.84 Å². The van der Waals surface area contributed by atoms with E-state index in [9.17, 15) is 26.4 Å². The number of anilines is 1. The number of alkyl halides is 3. The highest BCUT2D eigenvalue weighted by Crippen LogP contribution is 2.32. The Kier molecular flexibility index (Phi) is 4.87. The molecule has 9 heteroatoms. The van der Waals surface area contributed by atoms with Crippen LogP contribution in [0.5, 0.6) is 0 Å². The van der Waals surface area contributed by atoms with Crippen LogP contribution < -0.4 is 11.1 Å². The van der Waals surface area contributed by atoms with Gasteiger partial charge in [0.1, 0.15) is 5.75 Å². The number of sulfone groups is 1. The predicted octanol–water partition coefficient (Wildman–Crippen LogP) is 1.59. The Hall–Kier alpha value is -1.77. The molecule has 0 unspecified atom stereocenters. The quantitative estimate of drug-likeness (QED) is 0.823. The summed E-state index contributed by atoms with van der Waals surface area (Å²) in [5.74, 6) is -1.62. The molecule has 0 spiro atoms. The minimum atomic E-state index is -4.62. The van der Waals surface area contributed by atoms with Crippen molar-refractivity contribution in [3.05, 3.63) is 23.8 Å². The highest BCUT2D eigenvalue weighted by molar-refractivity contribution is 7.92. The number of hydrogen-bond acceptors (Lipinski definition) is 4. The Labute approximate surface area is 120 Å². The average Bonchev–Trinajstić information content (AvgIpc) is 2.24. The van der Waals surface area contributed by atoms with Gasteiger partial charge in [-0.1, -0.05) is 0 Å². The summed E-state index contributed by atoms with van der Waals surface area (Å²) < 4.78 is 61.4. The first-order chi connectivity index (χ1) is 9.43. The van der Waals surface area contributed by atoms with E-state index in [1.165, 1.54) is 0 Å². The molecule has 21 heavy (non-hydrogen) atoms. The van der Waals surface area contributed by atoms with Gasteiger partial charge < -0.3 is 11.1 Å². The molecule has 118 valence electrons. The van der Waals surface area contributed by atoms with Gasteiger partial charge in [-0.15, -0.1) is 0 Å². The number of nitrogens with two attached hydrogens (primary N) is 1. The third-order valence-electron chi connectivity index (χ3n) is 2.44. The molecular weight excluding hydrogens is 309 g/mol. The number of rotatable bonds is 4. The number of hydrogen-bond donors (Lipinski definition) is 2. The van der Waals surface area contributed by atoms with Crippen LogP contribution >= 0.6 is 0 Å². The lowest BCUT2D eigenvalue weighted by molar-refractivity contribution is -0.137. The fraction of sp³-hybridized carbons (Fsp3) is 0.417. The maximum atomic E-state index is 12.5. The molecule has 0 fully saturated rings. The number of carbonyl (C=O) groups is 1. The predicted molar refractivity (Wildman–Crippen MR) is 71.2 cm³/mol. The standard InChI is InChI=1S/C12H15F3N2O3S/c1-7(2)17-11(18)6-21(19,20)10-4-3-8(5-9(10)16)12(13,14)15/h3-5,7H,6,16H2,1-2H3,(H,17,18). The minimum absolute atomic E-state index is 0.252. The van der Waals surface area contributed by atoms with E-state index in [-0.39, 0.29) is 6.04 Å². The Morgan fingerprint density at radius 3 is 2.33 bits per heavy atom. The van der Waals surface area contributed by atoms with E-state index in [0.717, 1.165) is 6.07 Å². The van der Waals surface area contributed by atoms with Crippen LogP contribution in [-0.4, -0.2) is 26.1 Å². The summed E-state index contributed by atoms with van der Waals surface area (Å²) in [4.78, 5) is 11.0. The van der Waals surface area contributed by atoms with Crippen molar-refractivity contribution in [1.82, 2.24) is 5.32 Å². The van der Waals surface area contributed by atoms with Crippen molar-refractivity contribution in [2.24, 2.45) is 0 Å². The molecule has 0 aliphatic heterocycles. The molecule has 0 aliphatic rings. The maximum absolute atomic E-state index is 12.5. The molecule has 3 N–H and O–H groups in total. The van der Waals surface area contributed by atoms with E-state index in [0.29, 0.717) is 12.1 Å². The number of nitrogen functional groups attached to an aromatic ring is 1. The molecule has 0 radical (unpaired) electrons. The molecule has 5 nitrogen and oxygen atoms in total. The van der Waals surface area contributed by atoms with Crippen LogP contribution in [0.3, 0.4) is 0 Å². The third kappa shape index (κ3) is 4.62. The second-order valence-electron chi connectivity index (χ2n) is 4.73. The number of halogens is 3. The maximum Gasteiger partial charge on any atom is 0.416 e. The average molecular weight is 324 g/mol. The zero-order chi connectivity index (χ0) is 16.4. The molecule has 1 rings (SSSR count). The Bertz CT molecular complexity index is 640. The van der Waals surface area contributed by atoms with Gasteiger partial charge in [0, 0.05) is 6.04 Å². The van der Waals surface area contributed by atoms with Crippen LogP contribution in [0.4, 0.5) is 18.9 Å². The topological polar surface area (TPSA) is 89.3 Å². The van der Waals surface area contributed by atoms with E-state index in [2.05, 4.69) is 5.32 Å². The third-order valence-corrected chi connectivity index (χ3v) is 4.13. The zero-order valence-corrected chi connectivity index (χ0v) is 12.2. The lowest BCUT2D eigenvalue weighted by Crippen LogP contribution is -2.35. The molecule has 0 atom stereocenters. The van der Waals surface area contributed by atoms with Crippen molar-refractivity contribution in [1.29, 1.82) is 0 Å². The van der Waals surface area contributed by atoms with Gasteiger partial charge in [0.2, 0.25) is 5.91 Å². The fourth-order valence-electron chi connectivity index (χ4n) is 1.62. The smallest absolute Gasteiger partial charge is 0.398 e. The van der Waals surface area contributed by atoms with Gasteiger partial charge in [0.05, 0.1) is 16.1 Å². The lowest BCUT2D eigenvalue weighted by atomic mass is 10.2. The molecule has 0 saturated carbocycles. The summed E-state index contributed by atoms with van der Waals surface area (Å²) in [6.45, 7) is 3.30. The van der Waals surface area contributed by atoms with E-state index < -0.39 is 43.8 Å². The van der Waals surface area contributed by atoms with E-state index in [4.69, 9.17) is 5.73 Å². The van der Waals surface area contributed by atoms with Crippen LogP contribution in [0, 0.1) is 0 Å². The summed E-state index contributed by atoms with van der Waals surface area (Å²) in [6.07, 6.45) is -4.62. The number of amides is 1. The number of carbonyl (C=O) groups excluding carboxylic acids is 1. The van der Waals surface area contributed by atoms with Crippen LogP contribution in [0.2, 0.25) is 0 Å².